The van der Waals surface area contributed by atoms with E-state index in [-0.39, 0.29) is 11.1 Å². The van der Waals surface area contributed by atoms with Gasteiger partial charge in [-0.3, -0.25) is 9.59 Å². The SMILES string of the molecule is Cc1cc(=O)[nH]c(SCc2nc3c(cnn3-c3ccccc3)c(=O)[nH]2)n1. The largest absolute Gasteiger partial charge is 0.309 e. The number of aromatic amines is 2. The number of nitrogens with one attached hydrogen (secondary N) is 2. The number of hydrogen-bond donors (Lipinski definition) is 2. The molecule has 0 amide bonds. The van der Waals surface area contributed by atoms with Gasteiger partial charge >= 0.3 is 0 Å². The highest BCUT2D eigenvalue weighted by Gasteiger charge is 2.12. The van der Waals surface area contributed by atoms with Gasteiger partial charge < -0.3 is 9.97 Å². The van der Waals surface area contributed by atoms with Crippen molar-refractivity contribution in [3.63, 3.8) is 0 Å². The summed E-state index contributed by atoms with van der Waals surface area (Å²) in [4.78, 5) is 38.1. The molecule has 0 aliphatic rings. The fourth-order valence-corrected chi connectivity index (χ4v) is 3.34. The van der Waals surface area contributed by atoms with Gasteiger partial charge in [-0.05, 0) is 19.1 Å². The molecule has 26 heavy (non-hydrogen) atoms. The van der Waals surface area contributed by atoms with Crippen LogP contribution in [0.5, 0.6) is 0 Å². The van der Waals surface area contributed by atoms with Crippen LogP contribution in [0.15, 0.2) is 57.3 Å². The third kappa shape index (κ3) is 3.16. The van der Waals surface area contributed by atoms with Crippen molar-refractivity contribution in [2.24, 2.45) is 0 Å². The molecule has 3 aromatic heterocycles. The van der Waals surface area contributed by atoms with Crippen molar-refractivity contribution in [2.75, 3.05) is 0 Å². The van der Waals surface area contributed by atoms with Crippen LogP contribution in [0.25, 0.3) is 16.7 Å². The minimum atomic E-state index is -0.251. The topological polar surface area (TPSA) is 109 Å². The van der Waals surface area contributed by atoms with E-state index in [4.69, 9.17) is 0 Å². The minimum Gasteiger partial charge on any atom is -0.309 e. The molecule has 0 atom stereocenters. The van der Waals surface area contributed by atoms with E-state index < -0.39 is 0 Å². The maximum absolute atomic E-state index is 12.3. The van der Waals surface area contributed by atoms with Crippen LogP contribution in [0.3, 0.4) is 0 Å². The number of para-hydroxylation sites is 1. The predicted octanol–water partition coefficient (Wildman–Crippen LogP) is 1.79. The Bertz CT molecular complexity index is 1200. The van der Waals surface area contributed by atoms with Gasteiger partial charge in [0.25, 0.3) is 11.1 Å². The molecule has 4 rings (SSSR count). The van der Waals surface area contributed by atoms with E-state index in [1.165, 1.54) is 24.0 Å². The second-order valence-corrected chi connectivity index (χ2v) is 6.59. The summed E-state index contributed by atoms with van der Waals surface area (Å²) >= 11 is 1.29. The van der Waals surface area contributed by atoms with E-state index in [2.05, 4.69) is 25.0 Å². The van der Waals surface area contributed by atoms with Gasteiger partial charge in [0.15, 0.2) is 10.8 Å². The van der Waals surface area contributed by atoms with Gasteiger partial charge in [-0.1, -0.05) is 30.0 Å². The van der Waals surface area contributed by atoms with Gasteiger partial charge in [-0.25, -0.2) is 14.6 Å². The van der Waals surface area contributed by atoms with Crippen molar-refractivity contribution >= 4 is 22.8 Å². The van der Waals surface area contributed by atoms with Crippen LogP contribution < -0.4 is 11.1 Å². The molecular formula is C17H14N6O2S. The number of H-pyrrole nitrogens is 2. The summed E-state index contributed by atoms with van der Waals surface area (Å²) in [5.74, 6) is 0.840. The molecule has 0 spiro atoms. The second-order valence-electron chi connectivity index (χ2n) is 5.62. The molecule has 0 aliphatic carbocycles. The van der Waals surface area contributed by atoms with Crippen LogP contribution in [0, 0.1) is 6.92 Å². The zero-order chi connectivity index (χ0) is 18.1. The van der Waals surface area contributed by atoms with Crippen molar-refractivity contribution in [2.45, 2.75) is 17.8 Å². The van der Waals surface area contributed by atoms with Crippen LogP contribution in [0.1, 0.15) is 11.5 Å². The third-order valence-corrected chi connectivity index (χ3v) is 4.57. The van der Waals surface area contributed by atoms with Gasteiger partial charge in [-0.2, -0.15) is 5.10 Å². The molecule has 8 nitrogen and oxygen atoms in total. The first-order chi connectivity index (χ1) is 12.6. The van der Waals surface area contributed by atoms with Crippen LogP contribution in [-0.4, -0.2) is 29.7 Å². The lowest BCUT2D eigenvalue weighted by Gasteiger charge is -2.04. The first-order valence-electron chi connectivity index (χ1n) is 7.83. The van der Waals surface area contributed by atoms with Gasteiger partial charge in [0.2, 0.25) is 0 Å². The summed E-state index contributed by atoms with van der Waals surface area (Å²) in [6.45, 7) is 1.75. The molecule has 0 radical (unpaired) electrons. The zero-order valence-electron chi connectivity index (χ0n) is 13.8. The number of fused-ring (bicyclic) bond motifs is 1. The Hall–Kier alpha value is -3.20. The molecule has 130 valence electrons. The lowest BCUT2D eigenvalue weighted by molar-refractivity contribution is 0.883. The van der Waals surface area contributed by atoms with E-state index in [0.29, 0.717) is 33.5 Å². The van der Waals surface area contributed by atoms with Crippen LogP contribution >= 0.6 is 11.8 Å². The number of rotatable bonds is 4. The van der Waals surface area contributed by atoms with Crippen molar-refractivity contribution in [3.8, 4) is 5.69 Å². The summed E-state index contributed by atoms with van der Waals surface area (Å²) in [5.41, 5.74) is 1.48. The Balaban J connectivity index is 1.70. The van der Waals surface area contributed by atoms with Gasteiger partial charge in [0.05, 0.1) is 17.6 Å². The second kappa shape index (κ2) is 6.60. The quantitative estimate of drug-likeness (QED) is 0.421. The van der Waals surface area contributed by atoms with E-state index in [1.807, 2.05) is 30.3 Å². The molecule has 4 aromatic rings. The zero-order valence-corrected chi connectivity index (χ0v) is 14.6. The standard InChI is InChI=1S/C17H14N6O2S/c1-10-7-14(24)22-17(19-10)26-9-13-20-15-12(16(25)21-13)8-18-23(15)11-5-3-2-4-6-11/h2-8H,9H2,1H3,(H,19,22,24)(H,20,21,25). The molecule has 0 aliphatic heterocycles. The molecule has 9 heteroatoms. The van der Waals surface area contributed by atoms with E-state index in [1.54, 1.807) is 11.6 Å². The van der Waals surface area contributed by atoms with Crippen molar-refractivity contribution in [1.29, 1.82) is 0 Å². The third-order valence-electron chi connectivity index (χ3n) is 3.68. The first-order valence-corrected chi connectivity index (χ1v) is 8.82. The maximum atomic E-state index is 12.3. The Morgan fingerprint density at radius 1 is 1.12 bits per heavy atom. The summed E-state index contributed by atoms with van der Waals surface area (Å²) < 4.78 is 1.63. The van der Waals surface area contributed by atoms with Crippen LogP contribution in [0.4, 0.5) is 0 Å². The fraction of sp³-hybridized carbons (Fsp3) is 0.118. The number of thioether (sulfide) groups is 1. The monoisotopic (exact) mass is 366 g/mol. The number of benzene rings is 1. The Labute approximate surface area is 151 Å². The molecule has 0 unspecified atom stereocenters. The molecule has 0 bridgehead atoms. The number of hydrogen-bond acceptors (Lipinski definition) is 6. The van der Waals surface area contributed by atoms with Crippen molar-refractivity contribution < 1.29 is 0 Å². The van der Waals surface area contributed by atoms with E-state index in [0.717, 1.165) is 5.69 Å². The lowest BCUT2D eigenvalue weighted by atomic mass is 10.3. The summed E-state index contributed by atoms with van der Waals surface area (Å²) in [6, 6.07) is 10.9. The molecule has 2 N–H and O–H groups in total. The summed E-state index contributed by atoms with van der Waals surface area (Å²) in [5, 5.41) is 5.18. The lowest BCUT2D eigenvalue weighted by Crippen LogP contribution is -2.12. The molecule has 0 saturated carbocycles. The van der Waals surface area contributed by atoms with E-state index in [9.17, 15) is 9.59 Å². The Morgan fingerprint density at radius 2 is 1.92 bits per heavy atom. The molecule has 3 heterocycles. The summed E-state index contributed by atoms with van der Waals surface area (Å²) in [6.07, 6.45) is 1.50. The predicted molar refractivity (Wildman–Crippen MR) is 98.6 cm³/mol. The highest BCUT2D eigenvalue weighted by molar-refractivity contribution is 7.98. The molecule has 0 saturated heterocycles. The maximum Gasteiger partial charge on any atom is 0.262 e. The van der Waals surface area contributed by atoms with E-state index >= 15 is 0 Å². The number of aromatic nitrogens is 6. The number of aryl methyl sites for hydroxylation is 1. The van der Waals surface area contributed by atoms with Crippen molar-refractivity contribution in [3.05, 3.63) is 74.8 Å². The van der Waals surface area contributed by atoms with Crippen LogP contribution in [0.2, 0.25) is 0 Å². The first kappa shape index (κ1) is 16.3. The van der Waals surface area contributed by atoms with Gasteiger partial charge in [0.1, 0.15) is 11.2 Å². The highest BCUT2D eigenvalue weighted by atomic mass is 32.2. The average Bonchev–Trinajstić information content (AvgIpc) is 3.04. The summed E-state index contributed by atoms with van der Waals surface area (Å²) in [7, 11) is 0. The normalized spacial score (nSPS) is 11.1. The Kier molecular flexibility index (Phi) is 4.13. The Morgan fingerprint density at radius 3 is 2.69 bits per heavy atom. The van der Waals surface area contributed by atoms with Gasteiger partial charge in [-0.15, -0.1) is 0 Å². The smallest absolute Gasteiger partial charge is 0.262 e. The highest BCUT2D eigenvalue weighted by Crippen LogP contribution is 2.18. The van der Waals surface area contributed by atoms with Gasteiger partial charge in [0, 0.05) is 11.8 Å². The molecule has 1 aromatic carbocycles. The van der Waals surface area contributed by atoms with Crippen molar-refractivity contribution in [1.82, 2.24) is 29.7 Å². The number of nitrogens with zero attached hydrogens (tertiary/aromatic N) is 4. The minimum absolute atomic E-state index is 0.209. The average molecular weight is 366 g/mol. The fourth-order valence-electron chi connectivity index (χ4n) is 2.55. The van der Waals surface area contributed by atoms with Crippen LogP contribution in [-0.2, 0) is 5.75 Å². The molecular weight excluding hydrogens is 352 g/mol. The molecule has 0 fully saturated rings.